The highest BCUT2D eigenvalue weighted by atomic mass is 19.1. The average molecular weight is 266 g/mol. The molecule has 1 aromatic rings. The molecule has 3 N–H and O–H groups in total. The quantitative estimate of drug-likeness (QED) is 0.788. The molecule has 0 saturated heterocycles. The molecular formula is C13H15FN2O3. The van der Waals surface area contributed by atoms with Crippen LogP contribution in [0.4, 0.5) is 10.1 Å². The van der Waals surface area contributed by atoms with Gasteiger partial charge in [-0.05, 0) is 37.0 Å². The molecule has 1 aliphatic rings. The van der Waals surface area contributed by atoms with E-state index in [0.29, 0.717) is 12.5 Å². The number of hydrogen-bond donors (Lipinski definition) is 2. The van der Waals surface area contributed by atoms with Gasteiger partial charge in [-0.3, -0.25) is 9.59 Å². The Labute approximate surface area is 109 Å². The summed E-state index contributed by atoms with van der Waals surface area (Å²) in [4.78, 5) is 24.2. The van der Waals surface area contributed by atoms with Gasteiger partial charge in [0.2, 0.25) is 0 Å². The van der Waals surface area contributed by atoms with Crippen LogP contribution in [0.3, 0.4) is 0 Å². The first-order valence-electron chi connectivity index (χ1n) is 6.03. The molecule has 1 aromatic carbocycles. The van der Waals surface area contributed by atoms with E-state index >= 15 is 0 Å². The first kappa shape index (κ1) is 13.3. The smallest absolute Gasteiger partial charge is 0.323 e. The second-order valence-corrected chi connectivity index (χ2v) is 4.76. The van der Waals surface area contributed by atoms with E-state index < -0.39 is 17.7 Å². The molecule has 0 aliphatic heterocycles. The van der Waals surface area contributed by atoms with E-state index in [2.05, 4.69) is 0 Å². The number of carboxylic acids is 1. The zero-order valence-electron chi connectivity index (χ0n) is 10.3. The van der Waals surface area contributed by atoms with E-state index in [1.54, 1.807) is 0 Å². The fourth-order valence-electron chi connectivity index (χ4n) is 1.84. The fraction of sp³-hybridized carbons (Fsp3) is 0.385. The molecule has 6 heteroatoms. The molecule has 19 heavy (non-hydrogen) atoms. The largest absolute Gasteiger partial charge is 0.480 e. The summed E-state index contributed by atoms with van der Waals surface area (Å²) in [6.07, 6.45) is 2.00. The maximum atomic E-state index is 13.3. The van der Waals surface area contributed by atoms with Crippen LogP contribution in [0.1, 0.15) is 23.2 Å². The topological polar surface area (TPSA) is 83.6 Å². The minimum absolute atomic E-state index is 0.0384. The molecule has 1 aliphatic carbocycles. The van der Waals surface area contributed by atoms with Gasteiger partial charge in [0.15, 0.2) is 0 Å². The minimum Gasteiger partial charge on any atom is -0.480 e. The Bertz CT molecular complexity index is 515. The van der Waals surface area contributed by atoms with Crippen molar-refractivity contribution >= 4 is 17.6 Å². The van der Waals surface area contributed by atoms with Gasteiger partial charge in [-0.2, -0.15) is 0 Å². The van der Waals surface area contributed by atoms with Gasteiger partial charge in [0.1, 0.15) is 12.4 Å². The molecule has 0 heterocycles. The van der Waals surface area contributed by atoms with Gasteiger partial charge >= 0.3 is 5.97 Å². The summed E-state index contributed by atoms with van der Waals surface area (Å²) in [5.74, 6) is -1.87. The van der Waals surface area contributed by atoms with Crippen molar-refractivity contribution in [1.29, 1.82) is 0 Å². The molecular weight excluding hydrogens is 251 g/mol. The van der Waals surface area contributed by atoms with Crippen molar-refractivity contribution < 1.29 is 19.1 Å². The van der Waals surface area contributed by atoms with Crippen molar-refractivity contribution in [3.05, 3.63) is 29.6 Å². The number of carbonyl (C=O) groups excluding carboxylic acids is 1. The maximum absolute atomic E-state index is 13.3. The Morgan fingerprint density at radius 3 is 2.63 bits per heavy atom. The molecule has 0 radical (unpaired) electrons. The van der Waals surface area contributed by atoms with Crippen LogP contribution in [0, 0.1) is 11.7 Å². The number of carbonyl (C=O) groups is 2. The van der Waals surface area contributed by atoms with Gasteiger partial charge in [0.25, 0.3) is 5.91 Å². The van der Waals surface area contributed by atoms with Gasteiger partial charge in [0.05, 0.1) is 5.69 Å². The van der Waals surface area contributed by atoms with Gasteiger partial charge in [-0.1, -0.05) is 0 Å². The number of rotatable bonds is 5. The monoisotopic (exact) mass is 266 g/mol. The lowest BCUT2D eigenvalue weighted by Gasteiger charge is -2.20. The highest BCUT2D eigenvalue weighted by molar-refractivity contribution is 5.96. The van der Waals surface area contributed by atoms with Gasteiger partial charge in [0, 0.05) is 12.1 Å². The van der Waals surface area contributed by atoms with Crippen molar-refractivity contribution in [2.24, 2.45) is 5.92 Å². The number of nitrogen functional groups attached to an aromatic ring is 1. The molecule has 1 amide bonds. The minimum atomic E-state index is -1.08. The zero-order chi connectivity index (χ0) is 14.0. The van der Waals surface area contributed by atoms with Crippen LogP contribution < -0.4 is 5.73 Å². The normalized spacial score (nSPS) is 14.2. The predicted octanol–water partition coefficient (Wildman–Crippen LogP) is 1.34. The Balaban J connectivity index is 2.16. The number of halogens is 1. The molecule has 0 atom stereocenters. The van der Waals surface area contributed by atoms with Crippen LogP contribution in [-0.4, -0.2) is 35.0 Å². The van der Waals surface area contributed by atoms with Crippen LogP contribution in [0.5, 0.6) is 0 Å². The SMILES string of the molecule is Nc1ccc(C(=O)N(CC(=O)O)CC2CC2)cc1F. The van der Waals surface area contributed by atoms with E-state index in [0.717, 1.165) is 18.9 Å². The molecule has 0 spiro atoms. The second kappa shape index (κ2) is 5.26. The number of amides is 1. The Hall–Kier alpha value is -2.11. The van der Waals surface area contributed by atoms with E-state index in [4.69, 9.17) is 10.8 Å². The summed E-state index contributed by atoms with van der Waals surface area (Å²) in [5, 5.41) is 8.82. The predicted molar refractivity (Wildman–Crippen MR) is 67.1 cm³/mol. The Kier molecular flexibility index (Phi) is 3.69. The summed E-state index contributed by atoms with van der Waals surface area (Å²) >= 11 is 0. The molecule has 2 rings (SSSR count). The third-order valence-corrected chi connectivity index (χ3v) is 3.04. The van der Waals surface area contributed by atoms with Gasteiger partial charge in [-0.25, -0.2) is 4.39 Å². The van der Waals surface area contributed by atoms with Gasteiger partial charge in [-0.15, -0.1) is 0 Å². The lowest BCUT2D eigenvalue weighted by atomic mass is 10.1. The summed E-state index contributed by atoms with van der Waals surface area (Å²) in [5.41, 5.74) is 5.42. The van der Waals surface area contributed by atoms with E-state index in [1.807, 2.05) is 0 Å². The van der Waals surface area contributed by atoms with Crippen molar-refractivity contribution in [3.8, 4) is 0 Å². The molecule has 0 unspecified atom stereocenters. The van der Waals surface area contributed by atoms with Crippen LogP contribution in [0.15, 0.2) is 18.2 Å². The number of nitrogens with zero attached hydrogens (tertiary/aromatic N) is 1. The first-order chi connectivity index (χ1) is 8.97. The number of aliphatic carboxylic acids is 1. The van der Waals surface area contributed by atoms with Gasteiger partial charge < -0.3 is 15.7 Å². The molecule has 102 valence electrons. The van der Waals surface area contributed by atoms with E-state index in [9.17, 15) is 14.0 Å². The molecule has 1 fully saturated rings. The Morgan fingerprint density at radius 1 is 1.42 bits per heavy atom. The Morgan fingerprint density at radius 2 is 2.11 bits per heavy atom. The van der Waals surface area contributed by atoms with Crippen molar-refractivity contribution in [2.45, 2.75) is 12.8 Å². The van der Waals surface area contributed by atoms with Crippen LogP contribution in [0.25, 0.3) is 0 Å². The number of anilines is 1. The highest BCUT2D eigenvalue weighted by Gasteiger charge is 2.28. The molecule has 0 aromatic heterocycles. The summed E-state index contributed by atoms with van der Waals surface area (Å²) in [7, 11) is 0. The molecule has 0 bridgehead atoms. The maximum Gasteiger partial charge on any atom is 0.323 e. The summed E-state index contributed by atoms with van der Waals surface area (Å²) in [6, 6.07) is 3.75. The molecule has 5 nitrogen and oxygen atoms in total. The lowest BCUT2D eigenvalue weighted by Crippen LogP contribution is -2.37. The average Bonchev–Trinajstić information content (AvgIpc) is 3.14. The molecule has 1 saturated carbocycles. The first-order valence-corrected chi connectivity index (χ1v) is 6.03. The lowest BCUT2D eigenvalue weighted by molar-refractivity contribution is -0.137. The number of benzene rings is 1. The van der Waals surface area contributed by atoms with Crippen LogP contribution in [0.2, 0.25) is 0 Å². The van der Waals surface area contributed by atoms with E-state index in [1.165, 1.54) is 17.0 Å². The second-order valence-electron chi connectivity index (χ2n) is 4.76. The van der Waals surface area contributed by atoms with Crippen LogP contribution >= 0.6 is 0 Å². The standard InChI is InChI=1S/C13H15FN2O3/c14-10-5-9(3-4-11(10)15)13(19)16(7-12(17)18)6-8-1-2-8/h3-5,8H,1-2,6-7,15H2,(H,17,18). The summed E-state index contributed by atoms with van der Waals surface area (Å²) < 4.78 is 13.3. The third-order valence-electron chi connectivity index (χ3n) is 3.04. The van der Waals surface area contributed by atoms with E-state index in [-0.39, 0.29) is 17.8 Å². The summed E-state index contributed by atoms with van der Waals surface area (Å²) in [6.45, 7) is 0.0262. The zero-order valence-corrected chi connectivity index (χ0v) is 10.3. The van der Waals surface area contributed by atoms with Crippen molar-refractivity contribution in [3.63, 3.8) is 0 Å². The fourth-order valence-corrected chi connectivity index (χ4v) is 1.84. The highest BCUT2D eigenvalue weighted by Crippen LogP contribution is 2.30. The number of nitrogens with two attached hydrogens (primary N) is 1. The van der Waals surface area contributed by atoms with Crippen molar-refractivity contribution in [2.75, 3.05) is 18.8 Å². The number of hydrogen-bond acceptors (Lipinski definition) is 3. The third kappa shape index (κ3) is 3.43. The number of carboxylic acid groups (broad SMARTS) is 1. The van der Waals surface area contributed by atoms with Crippen molar-refractivity contribution in [1.82, 2.24) is 4.90 Å². The van der Waals surface area contributed by atoms with Crippen LogP contribution in [-0.2, 0) is 4.79 Å².